The minimum Gasteiger partial charge on any atom is -0.476 e. The van der Waals surface area contributed by atoms with Crippen LogP contribution in [0.3, 0.4) is 0 Å². The summed E-state index contributed by atoms with van der Waals surface area (Å²) in [5, 5.41) is 8.90. The van der Waals surface area contributed by atoms with Gasteiger partial charge in [-0.25, -0.2) is 14.8 Å². The molecule has 0 aliphatic rings. The maximum atomic E-state index is 10.9. The minimum absolute atomic E-state index is 0.129. The van der Waals surface area contributed by atoms with Gasteiger partial charge in [-0.15, -0.1) is 0 Å². The molecule has 0 atom stereocenters. The lowest BCUT2D eigenvalue weighted by Crippen LogP contribution is -2.06. The number of hydrogen-bond donors (Lipinski definition) is 3. The molecule has 0 saturated heterocycles. The quantitative estimate of drug-likeness (QED) is 0.709. The molecule has 0 aliphatic carbocycles. The van der Waals surface area contributed by atoms with E-state index >= 15 is 0 Å². The van der Waals surface area contributed by atoms with Crippen molar-refractivity contribution in [2.45, 2.75) is 0 Å². The third-order valence-corrected chi connectivity index (χ3v) is 2.21. The van der Waals surface area contributed by atoms with Gasteiger partial charge in [0.2, 0.25) is 0 Å². The summed E-state index contributed by atoms with van der Waals surface area (Å²) in [6, 6.07) is 6.47. The maximum Gasteiger partial charge on any atom is 0.356 e. The van der Waals surface area contributed by atoms with Crippen LogP contribution in [0.2, 0.25) is 0 Å². The molecule has 6 heteroatoms. The molecule has 0 aromatic carbocycles. The standard InChI is InChI=1S/C11H10N4O2/c12-7-2-3-8(15-10(7)11(16)17)6-1-4-9(13)14-5-6/h1-5H,12H2,(H2,13,14)(H,16,17). The number of nitrogen functional groups attached to an aromatic ring is 2. The van der Waals surface area contributed by atoms with Crippen molar-refractivity contribution in [2.75, 3.05) is 11.5 Å². The number of nitrogens with zero attached hydrogens (tertiary/aromatic N) is 2. The summed E-state index contributed by atoms with van der Waals surface area (Å²) in [5.74, 6) is -0.768. The van der Waals surface area contributed by atoms with Crippen molar-refractivity contribution >= 4 is 17.5 Å². The van der Waals surface area contributed by atoms with E-state index in [-0.39, 0.29) is 11.4 Å². The number of aromatic nitrogens is 2. The van der Waals surface area contributed by atoms with Gasteiger partial charge in [0.1, 0.15) is 5.82 Å². The number of nitrogens with two attached hydrogens (primary N) is 2. The summed E-state index contributed by atoms with van der Waals surface area (Å²) in [6.07, 6.45) is 1.53. The Labute approximate surface area is 96.9 Å². The highest BCUT2D eigenvalue weighted by Gasteiger charge is 2.11. The molecule has 86 valence electrons. The first-order valence-corrected chi connectivity index (χ1v) is 4.79. The van der Waals surface area contributed by atoms with Gasteiger partial charge in [-0.05, 0) is 24.3 Å². The Balaban J connectivity index is 2.50. The van der Waals surface area contributed by atoms with Gasteiger partial charge in [-0.3, -0.25) is 0 Å². The zero-order chi connectivity index (χ0) is 12.4. The normalized spacial score (nSPS) is 10.1. The Morgan fingerprint density at radius 2 is 1.94 bits per heavy atom. The molecule has 0 unspecified atom stereocenters. The van der Waals surface area contributed by atoms with Crippen molar-refractivity contribution in [1.29, 1.82) is 0 Å². The number of carboxylic acids is 1. The Morgan fingerprint density at radius 1 is 1.18 bits per heavy atom. The summed E-state index contributed by atoms with van der Waals surface area (Å²) in [7, 11) is 0. The molecule has 2 heterocycles. The summed E-state index contributed by atoms with van der Waals surface area (Å²) in [4.78, 5) is 18.8. The van der Waals surface area contributed by atoms with Crippen molar-refractivity contribution in [2.24, 2.45) is 0 Å². The number of aromatic carboxylic acids is 1. The van der Waals surface area contributed by atoms with E-state index in [1.54, 1.807) is 18.2 Å². The zero-order valence-corrected chi connectivity index (χ0v) is 8.79. The Kier molecular flexibility index (Phi) is 2.61. The molecular formula is C11H10N4O2. The molecule has 6 nitrogen and oxygen atoms in total. The van der Waals surface area contributed by atoms with E-state index in [1.165, 1.54) is 12.3 Å². The van der Waals surface area contributed by atoms with Gasteiger partial charge in [-0.2, -0.15) is 0 Å². The van der Waals surface area contributed by atoms with Crippen molar-refractivity contribution in [3.63, 3.8) is 0 Å². The van der Waals surface area contributed by atoms with Gasteiger partial charge in [0.25, 0.3) is 0 Å². The highest BCUT2D eigenvalue weighted by atomic mass is 16.4. The fraction of sp³-hybridized carbons (Fsp3) is 0. The van der Waals surface area contributed by atoms with E-state index in [2.05, 4.69) is 9.97 Å². The fourth-order valence-electron chi connectivity index (χ4n) is 1.36. The lowest BCUT2D eigenvalue weighted by atomic mass is 10.1. The molecule has 0 spiro atoms. The number of hydrogen-bond acceptors (Lipinski definition) is 5. The van der Waals surface area contributed by atoms with Gasteiger partial charge < -0.3 is 16.6 Å². The molecule has 17 heavy (non-hydrogen) atoms. The van der Waals surface area contributed by atoms with Crippen LogP contribution < -0.4 is 11.5 Å². The second-order valence-electron chi connectivity index (χ2n) is 3.41. The molecule has 2 rings (SSSR count). The molecule has 0 amide bonds. The van der Waals surface area contributed by atoms with E-state index in [4.69, 9.17) is 16.6 Å². The van der Waals surface area contributed by atoms with Crippen LogP contribution in [0.15, 0.2) is 30.5 Å². The summed E-state index contributed by atoms with van der Waals surface area (Å²) < 4.78 is 0. The molecule has 2 aromatic heterocycles. The number of anilines is 2. The monoisotopic (exact) mass is 230 g/mol. The summed E-state index contributed by atoms with van der Waals surface area (Å²) >= 11 is 0. The van der Waals surface area contributed by atoms with Crippen LogP contribution in [0.1, 0.15) is 10.5 Å². The first kappa shape index (κ1) is 10.9. The Morgan fingerprint density at radius 3 is 2.53 bits per heavy atom. The van der Waals surface area contributed by atoms with Gasteiger partial charge in [0.15, 0.2) is 5.69 Å². The first-order chi connectivity index (χ1) is 8.08. The van der Waals surface area contributed by atoms with Crippen molar-refractivity contribution in [1.82, 2.24) is 9.97 Å². The predicted molar refractivity (Wildman–Crippen MR) is 63.3 cm³/mol. The van der Waals surface area contributed by atoms with Crippen LogP contribution in [-0.2, 0) is 0 Å². The topological polar surface area (TPSA) is 115 Å². The highest BCUT2D eigenvalue weighted by molar-refractivity contribution is 5.92. The predicted octanol–water partition coefficient (Wildman–Crippen LogP) is 1.01. The van der Waals surface area contributed by atoms with Crippen molar-refractivity contribution in [3.8, 4) is 11.3 Å². The van der Waals surface area contributed by atoms with Crippen LogP contribution >= 0.6 is 0 Å². The number of carboxylic acid groups (broad SMARTS) is 1. The summed E-state index contributed by atoms with van der Waals surface area (Å²) in [5.41, 5.74) is 12.1. The van der Waals surface area contributed by atoms with Crippen LogP contribution in [0.5, 0.6) is 0 Å². The minimum atomic E-state index is -1.16. The van der Waals surface area contributed by atoms with E-state index in [1.807, 2.05) is 0 Å². The van der Waals surface area contributed by atoms with Gasteiger partial charge in [0, 0.05) is 11.8 Å². The van der Waals surface area contributed by atoms with Crippen molar-refractivity contribution < 1.29 is 9.90 Å². The van der Waals surface area contributed by atoms with Crippen LogP contribution in [-0.4, -0.2) is 21.0 Å². The lowest BCUT2D eigenvalue weighted by Gasteiger charge is -2.04. The van der Waals surface area contributed by atoms with Crippen molar-refractivity contribution in [3.05, 3.63) is 36.2 Å². The Bertz CT molecular complexity index is 566. The highest BCUT2D eigenvalue weighted by Crippen LogP contribution is 2.20. The first-order valence-electron chi connectivity index (χ1n) is 4.79. The molecule has 5 N–H and O–H groups in total. The zero-order valence-electron chi connectivity index (χ0n) is 8.79. The molecule has 0 radical (unpaired) electrons. The number of carbonyl (C=O) groups is 1. The van der Waals surface area contributed by atoms with E-state index in [0.717, 1.165) is 0 Å². The van der Waals surface area contributed by atoms with Crippen LogP contribution in [0.25, 0.3) is 11.3 Å². The molecule has 0 fully saturated rings. The molecule has 0 saturated carbocycles. The van der Waals surface area contributed by atoms with E-state index in [0.29, 0.717) is 17.1 Å². The molecule has 0 bridgehead atoms. The fourth-order valence-corrected chi connectivity index (χ4v) is 1.36. The smallest absolute Gasteiger partial charge is 0.356 e. The molecular weight excluding hydrogens is 220 g/mol. The lowest BCUT2D eigenvalue weighted by molar-refractivity contribution is 0.0692. The number of rotatable bonds is 2. The number of pyridine rings is 2. The van der Waals surface area contributed by atoms with Gasteiger partial charge >= 0.3 is 5.97 Å². The van der Waals surface area contributed by atoms with E-state index in [9.17, 15) is 4.79 Å². The van der Waals surface area contributed by atoms with Crippen LogP contribution in [0, 0.1) is 0 Å². The summed E-state index contributed by atoms with van der Waals surface area (Å²) in [6.45, 7) is 0. The van der Waals surface area contributed by atoms with Gasteiger partial charge in [-0.1, -0.05) is 0 Å². The SMILES string of the molecule is Nc1ccc(-c2ccc(N)c(C(=O)O)n2)cn1. The maximum absolute atomic E-state index is 10.9. The van der Waals surface area contributed by atoms with Gasteiger partial charge in [0.05, 0.1) is 11.4 Å². The third kappa shape index (κ3) is 2.15. The second kappa shape index (κ2) is 4.09. The largest absolute Gasteiger partial charge is 0.476 e. The third-order valence-electron chi connectivity index (χ3n) is 2.21. The Hall–Kier alpha value is -2.63. The molecule has 2 aromatic rings. The molecule has 0 aliphatic heterocycles. The average Bonchev–Trinajstić information content (AvgIpc) is 2.30. The van der Waals surface area contributed by atoms with Crippen LogP contribution in [0.4, 0.5) is 11.5 Å². The van der Waals surface area contributed by atoms with E-state index < -0.39 is 5.97 Å². The second-order valence-corrected chi connectivity index (χ2v) is 3.41. The average molecular weight is 230 g/mol.